The second-order valence-corrected chi connectivity index (χ2v) is 6.94. The third-order valence-corrected chi connectivity index (χ3v) is 5.16. The number of fused-ring (bicyclic) bond motifs is 1. The van der Waals surface area contributed by atoms with Crippen LogP contribution in [0.25, 0.3) is 0 Å². The number of nitrogens with one attached hydrogen (secondary N) is 3. The molecule has 2 aromatic carbocycles. The number of nitrogens with zero attached hydrogens (tertiary/aromatic N) is 1. The quantitative estimate of drug-likeness (QED) is 0.740. The minimum absolute atomic E-state index is 0.0426. The van der Waals surface area contributed by atoms with Crippen molar-refractivity contribution in [1.29, 1.82) is 0 Å². The molecule has 2 aliphatic rings. The number of rotatable bonds is 1. The zero-order chi connectivity index (χ0) is 18.1. The van der Waals surface area contributed by atoms with Crippen molar-refractivity contribution in [3.8, 4) is 0 Å². The molecule has 2 heterocycles. The Kier molecular flexibility index (Phi) is 4.03. The van der Waals surface area contributed by atoms with Gasteiger partial charge in [0.1, 0.15) is 5.66 Å². The van der Waals surface area contributed by atoms with Gasteiger partial charge in [-0.05, 0) is 30.7 Å². The predicted molar refractivity (Wildman–Crippen MR) is 101 cm³/mol. The number of benzene rings is 2. The summed E-state index contributed by atoms with van der Waals surface area (Å²) in [7, 11) is 0. The molecule has 4 rings (SSSR count). The summed E-state index contributed by atoms with van der Waals surface area (Å²) in [5.41, 5.74) is 2.84. The van der Waals surface area contributed by atoms with Crippen LogP contribution in [0, 0.1) is 6.92 Å². The number of para-hydroxylation sites is 1. The van der Waals surface area contributed by atoms with Gasteiger partial charge in [0.25, 0.3) is 5.91 Å². The SMILES string of the molecule is Cc1cccc2c1C(=O)NC1(CCN(C(=O)Nc3ccccc3)CC1)N2. The lowest BCUT2D eigenvalue weighted by molar-refractivity contribution is 0.0851. The molecule has 2 aromatic rings. The molecule has 3 N–H and O–H groups in total. The first kappa shape index (κ1) is 16.4. The van der Waals surface area contributed by atoms with Crippen LogP contribution < -0.4 is 16.0 Å². The maximum atomic E-state index is 12.6. The Balaban J connectivity index is 1.43. The molecule has 1 fully saturated rings. The number of carbonyl (C=O) groups excluding carboxylic acids is 2. The summed E-state index contributed by atoms with van der Waals surface area (Å²) in [4.78, 5) is 26.8. The van der Waals surface area contributed by atoms with Gasteiger partial charge in [0.05, 0.1) is 5.56 Å². The Labute approximate surface area is 152 Å². The highest BCUT2D eigenvalue weighted by Crippen LogP contribution is 2.32. The molecule has 3 amide bonds. The highest BCUT2D eigenvalue weighted by molar-refractivity contribution is 6.03. The molecule has 0 atom stereocenters. The zero-order valence-corrected chi connectivity index (χ0v) is 14.7. The Hall–Kier alpha value is -3.02. The van der Waals surface area contributed by atoms with Crippen LogP contribution in [0.2, 0.25) is 0 Å². The monoisotopic (exact) mass is 350 g/mol. The van der Waals surface area contributed by atoms with Crippen LogP contribution in [0.4, 0.5) is 16.2 Å². The molecule has 0 saturated carbocycles. The van der Waals surface area contributed by atoms with E-state index in [-0.39, 0.29) is 11.9 Å². The summed E-state index contributed by atoms with van der Waals surface area (Å²) < 4.78 is 0. The fourth-order valence-electron chi connectivity index (χ4n) is 3.71. The van der Waals surface area contributed by atoms with Crippen molar-refractivity contribution < 1.29 is 9.59 Å². The molecule has 0 radical (unpaired) electrons. The number of carbonyl (C=O) groups is 2. The minimum Gasteiger partial charge on any atom is -0.362 e. The summed E-state index contributed by atoms with van der Waals surface area (Å²) in [6, 6.07) is 15.2. The minimum atomic E-state index is -0.485. The maximum absolute atomic E-state index is 12.6. The van der Waals surface area contributed by atoms with Gasteiger partial charge in [-0.1, -0.05) is 30.3 Å². The van der Waals surface area contributed by atoms with E-state index in [9.17, 15) is 9.59 Å². The van der Waals surface area contributed by atoms with E-state index in [2.05, 4.69) is 16.0 Å². The first-order valence-electron chi connectivity index (χ1n) is 8.88. The molecular formula is C20H22N4O2. The molecular weight excluding hydrogens is 328 g/mol. The van der Waals surface area contributed by atoms with Crippen molar-refractivity contribution in [2.24, 2.45) is 0 Å². The van der Waals surface area contributed by atoms with Crippen molar-refractivity contribution >= 4 is 23.3 Å². The third-order valence-electron chi connectivity index (χ3n) is 5.16. The van der Waals surface area contributed by atoms with Crippen molar-refractivity contribution in [3.63, 3.8) is 0 Å². The van der Waals surface area contributed by atoms with Crippen LogP contribution in [0.15, 0.2) is 48.5 Å². The topological polar surface area (TPSA) is 73.5 Å². The molecule has 0 aromatic heterocycles. The number of piperidine rings is 1. The van der Waals surface area contributed by atoms with Gasteiger partial charge in [0.2, 0.25) is 0 Å². The molecule has 6 heteroatoms. The Morgan fingerprint density at radius 2 is 1.77 bits per heavy atom. The first-order valence-corrected chi connectivity index (χ1v) is 8.88. The molecule has 1 spiro atoms. The van der Waals surface area contributed by atoms with Crippen LogP contribution >= 0.6 is 0 Å². The van der Waals surface area contributed by atoms with Crippen molar-refractivity contribution in [3.05, 3.63) is 59.7 Å². The Morgan fingerprint density at radius 3 is 2.50 bits per heavy atom. The molecule has 134 valence electrons. The van der Waals surface area contributed by atoms with Crippen molar-refractivity contribution in [2.45, 2.75) is 25.4 Å². The number of hydrogen-bond donors (Lipinski definition) is 3. The number of amides is 3. The van der Waals surface area contributed by atoms with Crippen LogP contribution in [0.1, 0.15) is 28.8 Å². The fourth-order valence-corrected chi connectivity index (χ4v) is 3.71. The number of urea groups is 1. The summed E-state index contributed by atoms with van der Waals surface area (Å²) in [5.74, 6) is -0.0426. The van der Waals surface area contributed by atoms with Gasteiger partial charge in [-0.3, -0.25) is 4.79 Å². The van der Waals surface area contributed by atoms with E-state index >= 15 is 0 Å². The van der Waals surface area contributed by atoms with Gasteiger partial charge >= 0.3 is 6.03 Å². The van der Waals surface area contributed by atoms with Crippen LogP contribution in [-0.4, -0.2) is 35.6 Å². The average molecular weight is 350 g/mol. The summed E-state index contributed by atoms with van der Waals surface area (Å²) >= 11 is 0. The zero-order valence-electron chi connectivity index (χ0n) is 14.7. The van der Waals surface area contributed by atoms with E-state index in [0.717, 1.165) is 16.9 Å². The normalized spacial score (nSPS) is 17.9. The fraction of sp³-hybridized carbons (Fsp3) is 0.300. The van der Waals surface area contributed by atoms with Gasteiger partial charge in [-0.25, -0.2) is 4.79 Å². The van der Waals surface area contributed by atoms with Crippen LogP contribution in [0.3, 0.4) is 0 Å². The largest absolute Gasteiger partial charge is 0.362 e. The molecule has 0 unspecified atom stereocenters. The van der Waals surface area contributed by atoms with Gasteiger partial charge in [-0.15, -0.1) is 0 Å². The van der Waals surface area contributed by atoms with Gasteiger partial charge in [0.15, 0.2) is 0 Å². The van der Waals surface area contributed by atoms with E-state index < -0.39 is 5.66 Å². The standard InChI is InChI=1S/C20H22N4O2/c1-14-6-5-9-16-17(14)18(25)23-20(22-16)10-12-24(13-11-20)19(26)21-15-7-3-2-4-8-15/h2-9,22H,10-13H2,1H3,(H,21,26)(H,23,25). The molecule has 6 nitrogen and oxygen atoms in total. The number of aryl methyl sites for hydroxylation is 1. The van der Waals surface area contributed by atoms with Gasteiger partial charge in [-0.2, -0.15) is 0 Å². The van der Waals surface area contributed by atoms with Crippen molar-refractivity contribution in [1.82, 2.24) is 10.2 Å². The molecule has 2 aliphatic heterocycles. The average Bonchev–Trinajstić information content (AvgIpc) is 2.62. The van der Waals surface area contributed by atoms with E-state index in [1.54, 1.807) is 4.90 Å². The number of likely N-dealkylation sites (tertiary alicyclic amines) is 1. The van der Waals surface area contributed by atoms with Crippen molar-refractivity contribution in [2.75, 3.05) is 23.7 Å². The molecule has 0 aliphatic carbocycles. The lowest BCUT2D eigenvalue weighted by atomic mass is 9.91. The molecule has 26 heavy (non-hydrogen) atoms. The van der Waals surface area contributed by atoms with Gasteiger partial charge in [0, 0.05) is 37.3 Å². The highest BCUT2D eigenvalue weighted by atomic mass is 16.2. The Morgan fingerprint density at radius 1 is 1.04 bits per heavy atom. The number of hydrogen-bond acceptors (Lipinski definition) is 3. The lowest BCUT2D eigenvalue weighted by Crippen LogP contribution is -2.63. The van der Waals surface area contributed by atoms with E-state index in [1.807, 2.05) is 55.5 Å². The Bertz CT molecular complexity index is 842. The summed E-state index contributed by atoms with van der Waals surface area (Å²) in [6.45, 7) is 3.09. The predicted octanol–water partition coefficient (Wildman–Crippen LogP) is 3.17. The molecule has 0 bridgehead atoms. The first-order chi connectivity index (χ1) is 12.6. The van der Waals surface area contributed by atoms with Crippen LogP contribution in [-0.2, 0) is 0 Å². The van der Waals surface area contributed by atoms with E-state index in [1.165, 1.54) is 0 Å². The highest BCUT2D eigenvalue weighted by Gasteiger charge is 2.41. The van der Waals surface area contributed by atoms with Gasteiger partial charge < -0.3 is 20.9 Å². The molecule has 1 saturated heterocycles. The lowest BCUT2D eigenvalue weighted by Gasteiger charge is -2.46. The second-order valence-electron chi connectivity index (χ2n) is 6.94. The second kappa shape index (κ2) is 6.37. The smallest absolute Gasteiger partial charge is 0.321 e. The van der Waals surface area contributed by atoms with Crippen LogP contribution in [0.5, 0.6) is 0 Å². The maximum Gasteiger partial charge on any atom is 0.321 e. The van der Waals surface area contributed by atoms with E-state index in [4.69, 9.17) is 0 Å². The third kappa shape index (κ3) is 2.98. The number of anilines is 2. The summed E-state index contributed by atoms with van der Waals surface area (Å²) in [6.07, 6.45) is 1.32. The van der Waals surface area contributed by atoms with E-state index in [0.29, 0.717) is 31.5 Å². The summed E-state index contributed by atoms with van der Waals surface area (Å²) in [5, 5.41) is 9.55.